The van der Waals surface area contributed by atoms with Gasteiger partial charge in [-0.05, 0) is 67.4 Å². The average molecular weight is 472 g/mol. The number of carbonyl (C=O) groups is 1. The lowest BCUT2D eigenvalue weighted by atomic mass is 10.0. The molecule has 0 aliphatic carbocycles. The zero-order valence-corrected chi connectivity index (χ0v) is 20.2. The first-order valence-corrected chi connectivity index (χ1v) is 12.8. The van der Waals surface area contributed by atoms with Crippen LogP contribution in [0.25, 0.3) is 16.5 Å². The zero-order valence-electron chi connectivity index (χ0n) is 19.4. The molecule has 6 nitrogen and oxygen atoms in total. The fraction of sp³-hybridized carbons (Fsp3) is 0.296. The molecule has 3 aromatic carbocycles. The van der Waals surface area contributed by atoms with E-state index in [1.54, 1.807) is 0 Å². The lowest BCUT2D eigenvalue weighted by Crippen LogP contribution is -2.28. The van der Waals surface area contributed by atoms with E-state index in [0.717, 1.165) is 41.9 Å². The summed E-state index contributed by atoms with van der Waals surface area (Å²) in [7, 11) is 0. The maximum absolute atomic E-state index is 12.8. The Morgan fingerprint density at radius 1 is 0.971 bits per heavy atom. The number of likely N-dealkylation sites (tertiary alicyclic amines) is 1. The van der Waals surface area contributed by atoms with E-state index in [0.29, 0.717) is 0 Å². The van der Waals surface area contributed by atoms with Crippen LogP contribution in [0.5, 0.6) is 0 Å². The van der Waals surface area contributed by atoms with E-state index in [1.165, 1.54) is 35.4 Å². The third kappa shape index (κ3) is 5.16. The molecule has 34 heavy (non-hydrogen) atoms. The van der Waals surface area contributed by atoms with Crippen molar-refractivity contribution in [3.63, 3.8) is 0 Å². The minimum Gasteiger partial charge on any atom is -0.349 e. The highest BCUT2D eigenvalue weighted by Crippen LogP contribution is 2.24. The summed E-state index contributed by atoms with van der Waals surface area (Å²) in [6.45, 7) is 4.99. The fourth-order valence-electron chi connectivity index (χ4n) is 4.45. The highest BCUT2D eigenvalue weighted by atomic mass is 32.2. The van der Waals surface area contributed by atoms with Crippen LogP contribution in [0.15, 0.2) is 78.0 Å². The predicted octanol–water partition coefficient (Wildman–Crippen LogP) is 4.99. The normalized spacial score (nSPS) is 15.0. The molecule has 0 bridgehead atoms. The molecular weight excluding hydrogens is 442 g/mol. The van der Waals surface area contributed by atoms with Gasteiger partial charge in [0.2, 0.25) is 5.91 Å². The van der Waals surface area contributed by atoms with Crippen LogP contribution in [0.1, 0.15) is 37.2 Å². The van der Waals surface area contributed by atoms with Crippen LogP contribution in [0.4, 0.5) is 0 Å². The van der Waals surface area contributed by atoms with Crippen LogP contribution in [-0.2, 0) is 11.3 Å². The summed E-state index contributed by atoms with van der Waals surface area (Å²) in [6, 6.07) is 24.7. The summed E-state index contributed by atoms with van der Waals surface area (Å²) in [4.78, 5) is 15.2. The van der Waals surface area contributed by atoms with Gasteiger partial charge in [0, 0.05) is 5.69 Å². The zero-order chi connectivity index (χ0) is 23.3. The van der Waals surface area contributed by atoms with Gasteiger partial charge in [0.15, 0.2) is 11.0 Å². The number of nitrogens with zero attached hydrogens (tertiary/aromatic N) is 4. The molecule has 1 aliphatic rings. The second kappa shape index (κ2) is 10.4. The van der Waals surface area contributed by atoms with Crippen LogP contribution >= 0.6 is 11.8 Å². The van der Waals surface area contributed by atoms with Crippen molar-refractivity contribution in [3.8, 4) is 5.69 Å². The summed E-state index contributed by atoms with van der Waals surface area (Å²) in [5, 5.41) is 15.2. The number of rotatable bonds is 8. The number of amides is 1. The van der Waals surface area contributed by atoms with Gasteiger partial charge in [-0.25, -0.2) is 0 Å². The van der Waals surface area contributed by atoms with Gasteiger partial charge in [-0.15, -0.1) is 10.2 Å². The SMILES string of the molecule is C[C@H](NC(=O)CSc1nnc(CN2CCCC2)n1-c1ccccc1)c1ccc2ccccc2c1. The number of fused-ring (bicyclic) bond motifs is 1. The highest BCUT2D eigenvalue weighted by Gasteiger charge is 2.20. The van der Waals surface area contributed by atoms with Gasteiger partial charge in [0.25, 0.3) is 0 Å². The number of hydrogen-bond donors (Lipinski definition) is 1. The quantitative estimate of drug-likeness (QED) is 0.367. The summed E-state index contributed by atoms with van der Waals surface area (Å²) in [6.07, 6.45) is 2.47. The van der Waals surface area contributed by atoms with Crippen molar-refractivity contribution in [1.82, 2.24) is 25.0 Å². The van der Waals surface area contributed by atoms with Crippen LogP contribution in [0.2, 0.25) is 0 Å². The second-order valence-electron chi connectivity index (χ2n) is 8.74. The van der Waals surface area contributed by atoms with Crippen molar-refractivity contribution in [2.75, 3.05) is 18.8 Å². The van der Waals surface area contributed by atoms with Crippen LogP contribution < -0.4 is 5.32 Å². The monoisotopic (exact) mass is 471 g/mol. The van der Waals surface area contributed by atoms with Gasteiger partial charge in [-0.3, -0.25) is 14.3 Å². The molecule has 174 valence electrons. The summed E-state index contributed by atoms with van der Waals surface area (Å²) in [5.41, 5.74) is 2.12. The van der Waals surface area contributed by atoms with Gasteiger partial charge in [-0.1, -0.05) is 66.4 Å². The van der Waals surface area contributed by atoms with Crippen LogP contribution in [0.3, 0.4) is 0 Å². The van der Waals surface area contributed by atoms with E-state index in [1.807, 2.05) is 37.3 Å². The molecule has 2 heterocycles. The van der Waals surface area contributed by atoms with E-state index in [2.05, 4.69) is 67.4 Å². The summed E-state index contributed by atoms with van der Waals surface area (Å²) >= 11 is 1.43. The van der Waals surface area contributed by atoms with Crippen molar-refractivity contribution >= 4 is 28.4 Å². The minimum absolute atomic E-state index is 0.0191. The number of para-hydroxylation sites is 1. The molecule has 1 aromatic heterocycles. The highest BCUT2D eigenvalue weighted by molar-refractivity contribution is 7.99. The second-order valence-corrected chi connectivity index (χ2v) is 9.68. The molecule has 0 radical (unpaired) electrons. The topological polar surface area (TPSA) is 63.1 Å². The molecule has 0 spiro atoms. The Morgan fingerprint density at radius 3 is 2.50 bits per heavy atom. The summed E-state index contributed by atoms with van der Waals surface area (Å²) < 4.78 is 2.09. The third-order valence-electron chi connectivity index (χ3n) is 6.26. The van der Waals surface area contributed by atoms with E-state index in [9.17, 15) is 4.79 Å². The number of benzene rings is 3. The molecule has 1 saturated heterocycles. The number of aromatic nitrogens is 3. The molecular formula is C27H29N5OS. The standard InChI is InChI=1S/C27H29N5OS/c1-20(22-14-13-21-9-5-6-10-23(21)17-22)28-26(33)19-34-27-30-29-25(18-31-15-7-8-16-31)32(27)24-11-3-2-4-12-24/h2-6,9-14,17,20H,7-8,15-16,18-19H2,1H3,(H,28,33)/t20-/m0/s1. The molecule has 0 saturated carbocycles. The van der Waals surface area contributed by atoms with E-state index >= 15 is 0 Å². The molecule has 1 fully saturated rings. The maximum Gasteiger partial charge on any atom is 0.230 e. The van der Waals surface area contributed by atoms with E-state index in [4.69, 9.17) is 0 Å². The number of carbonyl (C=O) groups excluding carboxylic acids is 1. The Morgan fingerprint density at radius 2 is 1.71 bits per heavy atom. The average Bonchev–Trinajstić information content (AvgIpc) is 3.53. The molecule has 4 aromatic rings. The van der Waals surface area contributed by atoms with Gasteiger partial charge in [-0.2, -0.15) is 0 Å². The molecule has 7 heteroatoms. The van der Waals surface area contributed by atoms with Gasteiger partial charge < -0.3 is 5.32 Å². The van der Waals surface area contributed by atoms with Gasteiger partial charge in [0.1, 0.15) is 0 Å². The van der Waals surface area contributed by atoms with Crippen LogP contribution in [0, 0.1) is 0 Å². The Bertz CT molecular complexity index is 1270. The smallest absolute Gasteiger partial charge is 0.230 e. The maximum atomic E-state index is 12.8. The predicted molar refractivity (Wildman–Crippen MR) is 137 cm³/mol. The number of nitrogens with one attached hydrogen (secondary N) is 1. The fourth-order valence-corrected chi connectivity index (χ4v) is 5.23. The molecule has 5 rings (SSSR count). The van der Waals surface area contributed by atoms with Crippen molar-refractivity contribution in [1.29, 1.82) is 0 Å². The largest absolute Gasteiger partial charge is 0.349 e. The Kier molecular flexibility index (Phi) is 6.92. The molecule has 1 amide bonds. The number of hydrogen-bond acceptors (Lipinski definition) is 5. The van der Waals surface area contributed by atoms with Gasteiger partial charge >= 0.3 is 0 Å². The van der Waals surface area contributed by atoms with Crippen molar-refractivity contribution in [3.05, 3.63) is 84.2 Å². The Balaban J connectivity index is 1.27. The first-order valence-electron chi connectivity index (χ1n) is 11.8. The molecule has 1 N–H and O–H groups in total. The minimum atomic E-state index is -0.0737. The lowest BCUT2D eigenvalue weighted by molar-refractivity contribution is -0.119. The lowest BCUT2D eigenvalue weighted by Gasteiger charge is -2.16. The van der Waals surface area contributed by atoms with Crippen LogP contribution in [-0.4, -0.2) is 44.4 Å². The van der Waals surface area contributed by atoms with Crippen molar-refractivity contribution in [2.45, 2.75) is 37.5 Å². The Hall–Kier alpha value is -3.16. The summed E-state index contributed by atoms with van der Waals surface area (Å²) in [5.74, 6) is 1.18. The molecule has 1 atom stereocenters. The van der Waals surface area contributed by atoms with Crippen molar-refractivity contribution < 1.29 is 4.79 Å². The first-order chi connectivity index (χ1) is 16.7. The van der Waals surface area contributed by atoms with E-state index in [-0.39, 0.29) is 17.7 Å². The first kappa shape index (κ1) is 22.6. The third-order valence-corrected chi connectivity index (χ3v) is 7.19. The van der Waals surface area contributed by atoms with Gasteiger partial charge in [0.05, 0.1) is 18.3 Å². The molecule has 1 aliphatic heterocycles. The Labute approximate surface area is 204 Å². The van der Waals surface area contributed by atoms with Crippen molar-refractivity contribution in [2.24, 2.45) is 0 Å². The van der Waals surface area contributed by atoms with E-state index < -0.39 is 0 Å². The number of thioether (sulfide) groups is 1. The molecule has 0 unspecified atom stereocenters.